The Kier molecular flexibility index (Phi) is 4.08. The zero-order valence-corrected chi connectivity index (χ0v) is 12.0. The van der Waals surface area contributed by atoms with Crippen molar-refractivity contribution in [3.05, 3.63) is 0 Å². The number of nitrogens with one attached hydrogen (secondary N) is 2. The van der Waals surface area contributed by atoms with Gasteiger partial charge < -0.3 is 10.6 Å². The number of amides is 1. The van der Waals surface area contributed by atoms with E-state index in [2.05, 4.69) is 22.5 Å². The molecule has 4 heteroatoms. The van der Waals surface area contributed by atoms with Crippen molar-refractivity contribution >= 4 is 5.91 Å². The van der Waals surface area contributed by atoms with Crippen molar-refractivity contribution < 1.29 is 4.79 Å². The summed E-state index contributed by atoms with van der Waals surface area (Å²) < 4.78 is 0. The van der Waals surface area contributed by atoms with E-state index in [1.807, 2.05) is 0 Å². The third-order valence-corrected chi connectivity index (χ3v) is 5.22. The van der Waals surface area contributed by atoms with Gasteiger partial charge >= 0.3 is 0 Å². The van der Waals surface area contributed by atoms with Crippen molar-refractivity contribution in [1.82, 2.24) is 15.5 Å². The molecule has 3 aliphatic rings. The highest BCUT2D eigenvalue weighted by Crippen LogP contribution is 2.33. The Morgan fingerprint density at radius 1 is 1.32 bits per heavy atom. The van der Waals surface area contributed by atoms with Gasteiger partial charge in [-0.15, -0.1) is 0 Å². The number of piperidine rings is 1. The van der Waals surface area contributed by atoms with Gasteiger partial charge in [-0.3, -0.25) is 9.69 Å². The van der Waals surface area contributed by atoms with E-state index in [4.69, 9.17) is 0 Å². The Morgan fingerprint density at radius 2 is 2.11 bits per heavy atom. The summed E-state index contributed by atoms with van der Waals surface area (Å²) in [6.45, 7) is 5.46. The first-order valence-electron chi connectivity index (χ1n) is 8.02. The van der Waals surface area contributed by atoms with E-state index in [0.29, 0.717) is 18.1 Å². The Labute approximate surface area is 116 Å². The second-order valence-corrected chi connectivity index (χ2v) is 6.58. The van der Waals surface area contributed by atoms with Gasteiger partial charge in [-0.25, -0.2) is 0 Å². The van der Waals surface area contributed by atoms with Crippen molar-refractivity contribution in [3.8, 4) is 0 Å². The summed E-state index contributed by atoms with van der Waals surface area (Å²) in [5, 5.41) is 6.72. The van der Waals surface area contributed by atoms with E-state index < -0.39 is 0 Å². The van der Waals surface area contributed by atoms with Crippen molar-refractivity contribution in [2.45, 2.75) is 63.6 Å². The number of carbonyl (C=O) groups excluding carboxylic acids is 1. The second kappa shape index (κ2) is 5.80. The maximum atomic E-state index is 12.3. The SMILES string of the molecule is CC(CNC(=O)C1CC2CCC1N2)N1CCCCC1. The fraction of sp³-hybridized carbons (Fsp3) is 0.933. The molecule has 4 atom stereocenters. The summed E-state index contributed by atoms with van der Waals surface area (Å²) in [6, 6.07) is 1.55. The first-order chi connectivity index (χ1) is 9.24. The third-order valence-electron chi connectivity index (χ3n) is 5.22. The fourth-order valence-corrected chi connectivity index (χ4v) is 3.98. The van der Waals surface area contributed by atoms with Crippen LogP contribution in [0.15, 0.2) is 0 Å². The van der Waals surface area contributed by atoms with Crippen LogP contribution in [0.2, 0.25) is 0 Å². The molecule has 108 valence electrons. The molecule has 3 fully saturated rings. The summed E-state index contributed by atoms with van der Waals surface area (Å²) in [5.41, 5.74) is 0. The zero-order valence-electron chi connectivity index (χ0n) is 12.0. The topological polar surface area (TPSA) is 44.4 Å². The number of hydrogen-bond acceptors (Lipinski definition) is 3. The summed E-state index contributed by atoms with van der Waals surface area (Å²) in [6.07, 6.45) is 7.49. The van der Waals surface area contributed by atoms with Crippen LogP contribution in [-0.2, 0) is 4.79 Å². The van der Waals surface area contributed by atoms with E-state index >= 15 is 0 Å². The van der Waals surface area contributed by atoms with Gasteiger partial charge in [0, 0.05) is 24.7 Å². The molecule has 0 aromatic rings. The molecular formula is C15H27N3O. The maximum Gasteiger partial charge on any atom is 0.224 e. The number of fused-ring (bicyclic) bond motifs is 2. The molecule has 19 heavy (non-hydrogen) atoms. The van der Waals surface area contributed by atoms with E-state index in [9.17, 15) is 4.79 Å². The first-order valence-corrected chi connectivity index (χ1v) is 8.02. The molecule has 3 rings (SSSR count). The summed E-state index contributed by atoms with van der Waals surface area (Å²) in [4.78, 5) is 14.8. The van der Waals surface area contributed by atoms with Crippen LogP contribution in [0.4, 0.5) is 0 Å². The lowest BCUT2D eigenvalue weighted by Crippen LogP contribution is -2.46. The number of hydrogen-bond donors (Lipinski definition) is 2. The lowest BCUT2D eigenvalue weighted by Gasteiger charge is -2.32. The molecule has 2 bridgehead atoms. The Morgan fingerprint density at radius 3 is 2.74 bits per heavy atom. The molecule has 0 aromatic heterocycles. The van der Waals surface area contributed by atoms with Gasteiger partial charge in [0.2, 0.25) is 5.91 Å². The third kappa shape index (κ3) is 2.95. The van der Waals surface area contributed by atoms with E-state index in [-0.39, 0.29) is 11.8 Å². The number of carbonyl (C=O) groups is 1. The molecular weight excluding hydrogens is 238 g/mol. The highest BCUT2D eigenvalue weighted by Gasteiger charge is 2.42. The predicted molar refractivity (Wildman–Crippen MR) is 75.9 cm³/mol. The minimum absolute atomic E-state index is 0.229. The molecule has 3 heterocycles. The lowest BCUT2D eigenvalue weighted by molar-refractivity contribution is -0.125. The van der Waals surface area contributed by atoms with Crippen LogP contribution in [0.5, 0.6) is 0 Å². The van der Waals surface area contributed by atoms with Gasteiger partial charge in [0.1, 0.15) is 0 Å². The second-order valence-electron chi connectivity index (χ2n) is 6.58. The quantitative estimate of drug-likeness (QED) is 0.800. The van der Waals surface area contributed by atoms with Crippen molar-refractivity contribution in [2.24, 2.45) is 5.92 Å². The smallest absolute Gasteiger partial charge is 0.224 e. The summed E-state index contributed by atoms with van der Waals surface area (Å²) in [5.74, 6) is 0.510. The molecule has 0 spiro atoms. The van der Waals surface area contributed by atoms with Crippen molar-refractivity contribution in [3.63, 3.8) is 0 Å². The molecule has 0 aliphatic carbocycles. The standard InChI is InChI=1S/C15H27N3O/c1-11(18-7-3-2-4-8-18)10-16-15(19)13-9-12-5-6-14(13)17-12/h11-14,17H,2-10H2,1H3,(H,16,19). The minimum atomic E-state index is 0.229. The highest BCUT2D eigenvalue weighted by atomic mass is 16.2. The van der Waals surface area contributed by atoms with Crippen LogP contribution in [0.1, 0.15) is 45.4 Å². The average molecular weight is 265 g/mol. The molecule has 3 saturated heterocycles. The van der Waals surface area contributed by atoms with Crippen LogP contribution in [0.25, 0.3) is 0 Å². The Balaban J connectivity index is 1.42. The van der Waals surface area contributed by atoms with Gasteiger partial charge in [-0.1, -0.05) is 6.42 Å². The maximum absolute atomic E-state index is 12.3. The number of rotatable bonds is 4. The normalized spacial score (nSPS) is 36.4. The van der Waals surface area contributed by atoms with Crippen molar-refractivity contribution in [1.29, 1.82) is 0 Å². The Hall–Kier alpha value is -0.610. The number of likely N-dealkylation sites (tertiary alicyclic amines) is 1. The van der Waals surface area contributed by atoms with Gasteiger partial charge in [0.25, 0.3) is 0 Å². The van der Waals surface area contributed by atoms with E-state index in [0.717, 1.165) is 13.0 Å². The Bertz CT molecular complexity index is 327. The van der Waals surface area contributed by atoms with Crippen LogP contribution in [-0.4, -0.2) is 48.6 Å². The highest BCUT2D eigenvalue weighted by molar-refractivity contribution is 5.80. The van der Waals surface area contributed by atoms with Crippen LogP contribution in [0.3, 0.4) is 0 Å². The summed E-state index contributed by atoms with van der Waals surface area (Å²) in [7, 11) is 0. The largest absolute Gasteiger partial charge is 0.354 e. The molecule has 4 nitrogen and oxygen atoms in total. The van der Waals surface area contributed by atoms with Gasteiger partial charge in [0.05, 0.1) is 5.92 Å². The van der Waals surface area contributed by atoms with Crippen LogP contribution in [0, 0.1) is 5.92 Å². The van der Waals surface area contributed by atoms with E-state index in [1.54, 1.807) is 0 Å². The van der Waals surface area contributed by atoms with Crippen molar-refractivity contribution in [2.75, 3.05) is 19.6 Å². The zero-order chi connectivity index (χ0) is 13.2. The number of nitrogens with zero attached hydrogens (tertiary/aromatic N) is 1. The molecule has 0 saturated carbocycles. The molecule has 3 aliphatic heterocycles. The molecule has 0 aromatic carbocycles. The van der Waals surface area contributed by atoms with E-state index in [1.165, 1.54) is 45.2 Å². The van der Waals surface area contributed by atoms with Crippen LogP contribution < -0.4 is 10.6 Å². The van der Waals surface area contributed by atoms with Gasteiger partial charge in [-0.2, -0.15) is 0 Å². The lowest BCUT2D eigenvalue weighted by atomic mass is 9.88. The first kappa shape index (κ1) is 13.4. The molecule has 4 unspecified atom stereocenters. The van der Waals surface area contributed by atoms with Gasteiger partial charge in [0.15, 0.2) is 0 Å². The molecule has 2 N–H and O–H groups in total. The minimum Gasteiger partial charge on any atom is -0.354 e. The molecule has 0 radical (unpaired) electrons. The molecule has 1 amide bonds. The monoisotopic (exact) mass is 265 g/mol. The average Bonchev–Trinajstić information content (AvgIpc) is 3.08. The predicted octanol–water partition coefficient (Wildman–Crippen LogP) is 1.12. The summed E-state index contributed by atoms with van der Waals surface area (Å²) >= 11 is 0. The fourth-order valence-electron chi connectivity index (χ4n) is 3.98. The van der Waals surface area contributed by atoms with Gasteiger partial charge in [-0.05, 0) is 52.1 Å². The van der Waals surface area contributed by atoms with Crippen LogP contribution >= 0.6 is 0 Å².